The van der Waals surface area contributed by atoms with Crippen LogP contribution in [-0.2, 0) is 19.4 Å². The van der Waals surface area contributed by atoms with Crippen LogP contribution in [0.5, 0.6) is 5.75 Å². The third-order valence-electron chi connectivity index (χ3n) is 5.09. The van der Waals surface area contributed by atoms with E-state index < -0.39 is 5.82 Å². The molecule has 1 amide bonds. The lowest BCUT2D eigenvalue weighted by Crippen LogP contribution is -2.18. The van der Waals surface area contributed by atoms with Gasteiger partial charge in [-0.15, -0.1) is 0 Å². The second-order valence-electron chi connectivity index (χ2n) is 7.92. The second kappa shape index (κ2) is 11.4. The molecule has 0 spiro atoms. The Labute approximate surface area is 193 Å². The monoisotopic (exact) mass is 455 g/mol. The van der Waals surface area contributed by atoms with Gasteiger partial charge in [-0.05, 0) is 63.2 Å². The van der Waals surface area contributed by atoms with Gasteiger partial charge in [0.15, 0.2) is 11.6 Å². The number of aromatic nitrogens is 4. The van der Waals surface area contributed by atoms with E-state index in [0.717, 1.165) is 30.8 Å². The smallest absolute Gasteiger partial charge is 0.251 e. The predicted octanol–water partition coefficient (Wildman–Crippen LogP) is 2.66. The number of halogens is 1. The Morgan fingerprint density at radius 3 is 2.61 bits per heavy atom. The summed E-state index contributed by atoms with van der Waals surface area (Å²) < 4.78 is 21.6. The first-order valence-corrected chi connectivity index (χ1v) is 10.7. The van der Waals surface area contributed by atoms with Crippen LogP contribution in [0.25, 0.3) is 0 Å². The third-order valence-corrected chi connectivity index (χ3v) is 5.09. The highest BCUT2D eigenvalue weighted by Crippen LogP contribution is 2.24. The van der Waals surface area contributed by atoms with Crippen molar-refractivity contribution >= 4 is 17.5 Å². The van der Waals surface area contributed by atoms with Crippen molar-refractivity contribution in [2.45, 2.75) is 25.8 Å². The first-order chi connectivity index (χ1) is 15.9. The maximum atomic E-state index is 14.6. The fraction of sp³-hybridized carbons (Fsp3) is 0.391. The summed E-state index contributed by atoms with van der Waals surface area (Å²) in [6, 6.07) is 2.94. The van der Waals surface area contributed by atoms with E-state index in [1.165, 1.54) is 20.2 Å². The van der Waals surface area contributed by atoms with Gasteiger partial charge < -0.3 is 20.3 Å². The molecule has 33 heavy (non-hydrogen) atoms. The lowest BCUT2D eigenvalue weighted by atomic mass is 10.0. The van der Waals surface area contributed by atoms with E-state index in [1.54, 1.807) is 24.7 Å². The van der Waals surface area contributed by atoms with Gasteiger partial charge in [-0.1, -0.05) is 0 Å². The van der Waals surface area contributed by atoms with Crippen LogP contribution in [0, 0.1) is 5.82 Å². The van der Waals surface area contributed by atoms with E-state index in [2.05, 4.69) is 30.6 Å². The number of hydrogen-bond donors (Lipinski definition) is 2. The standard InChI is InChI=1S/C23H30FN7O2/c1-25-22(32)18-10-17(21(24)20(11-18)33-4)7-6-16-12-26-23(27-13-16)29-19-14-28-31(15-19)9-5-8-30(2)3/h10-15H,5-9H2,1-4H3,(H,25,32)(H,26,27,29). The van der Waals surface area contributed by atoms with Crippen LogP contribution in [0.15, 0.2) is 36.9 Å². The van der Waals surface area contributed by atoms with Crippen molar-refractivity contribution in [3.8, 4) is 5.75 Å². The number of amides is 1. The van der Waals surface area contributed by atoms with Gasteiger partial charge >= 0.3 is 0 Å². The number of anilines is 2. The van der Waals surface area contributed by atoms with E-state index in [0.29, 0.717) is 29.9 Å². The Kier molecular flexibility index (Phi) is 8.31. The van der Waals surface area contributed by atoms with E-state index in [9.17, 15) is 9.18 Å². The molecule has 0 saturated heterocycles. The number of carbonyl (C=O) groups excluding carboxylic acids is 1. The van der Waals surface area contributed by atoms with Crippen LogP contribution in [0.2, 0.25) is 0 Å². The maximum absolute atomic E-state index is 14.6. The zero-order valence-corrected chi connectivity index (χ0v) is 19.4. The summed E-state index contributed by atoms with van der Waals surface area (Å²) >= 11 is 0. The van der Waals surface area contributed by atoms with E-state index in [4.69, 9.17) is 4.74 Å². The molecule has 2 aromatic heterocycles. The Hall–Kier alpha value is -3.53. The number of hydrogen-bond acceptors (Lipinski definition) is 7. The molecule has 0 bridgehead atoms. The first kappa shape index (κ1) is 24.1. The lowest BCUT2D eigenvalue weighted by Gasteiger charge is -2.11. The van der Waals surface area contributed by atoms with Crippen molar-refractivity contribution in [1.82, 2.24) is 30.0 Å². The zero-order chi connectivity index (χ0) is 23.8. The summed E-state index contributed by atoms with van der Waals surface area (Å²) in [7, 11) is 7.00. The minimum absolute atomic E-state index is 0.0455. The molecule has 2 N–H and O–H groups in total. The topological polar surface area (TPSA) is 97.2 Å². The Bertz CT molecular complexity index is 1070. The van der Waals surface area contributed by atoms with Crippen LogP contribution < -0.4 is 15.4 Å². The molecule has 0 radical (unpaired) electrons. The van der Waals surface area contributed by atoms with Crippen molar-refractivity contribution in [3.63, 3.8) is 0 Å². The summed E-state index contributed by atoms with van der Waals surface area (Å²) in [6.07, 6.45) is 8.97. The number of rotatable bonds is 11. The predicted molar refractivity (Wildman–Crippen MR) is 124 cm³/mol. The number of ether oxygens (including phenoxy) is 1. The summed E-state index contributed by atoms with van der Waals surface area (Å²) in [6.45, 7) is 1.84. The molecule has 0 fully saturated rings. The van der Waals surface area contributed by atoms with Gasteiger partial charge in [0.1, 0.15) is 0 Å². The molecule has 3 rings (SSSR count). The SMILES string of the molecule is CNC(=O)c1cc(CCc2cnc(Nc3cnn(CCCN(C)C)c3)nc2)c(F)c(OC)c1. The number of nitrogens with zero attached hydrogens (tertiary/aromatic N) is 5. The lowest BCUT2D eigenvalue weighted by molar-refractivity contribution is 0.0962. The number of nitrogens with one attached hydrogen (secondary N) is 2. The van der Waals surface area contributed by atoms with Gasteiger partial charge in [0.05, 0.1) is 19.0 Å². The van der Waals surface area contributed by atoms with Crippen LogP contribution in [0.3, 0.4) is 0 Å². The highest BCUT2D eigenvalue weighted by molar-refractivity contribution is 5.94. The number of carbonyl (C=O) groups is 1. The molecule has 0 unspecified atom stereocenters. The highest BCUT2D eigenvalue weighted by Gasteiger charge is 2.15. The van der Waals surface area contributed by atoms with Gasteiger partial charge in [0.2, 0.25) is 5.95 Å². The van der Waals surface area contributed by atoms with Gasteiger partial charge in [0, 0.05) is 37.7 Å². The summed E-state index contributed by atoms with van der Waals surface area (Å²) in [4.78, 5) is 22.8. The second-order valence-corrected chi connectivity index (χ2v) is 7.92. The third kappa shape index (κ3) is 6.72. The highest BCUT2D eigenvalue weighted by atomic mass is 19.1. The molecule has 0 saturated carbocycles. The van der Waals surface area contributed by atoms with E-state index in [1.807, 2.05) is 25.0 Å². The zero-order valence-electron chi connectivity index (χ0n) is 19.4. The van der Waals surface area contributed by atoms with Gasteiger partial charge in [-0.3, -0.25) is 9.48 Å². The molecule has 0 aliphatic carbocycles. The van der Waals surface area contributed by atoms with Gasteiger partial charge in [0.25, 0.3) is 5.91 Å². The normalized spacial score (nSPS) is 11.0. The molecular formula is C23H30FN7O2. The van der Waals surface area contributed by atoms with Crippen molar-refractivity contribution in [3.05, 3.63) is 59.4 Å². The van der Waals surface area contributed by atoms with Crippen molar-refractivity contribution in [2.75, 3.05) is 40.1 Å². The van der Waals surface area contributed by atoms with Gasteiger partial charge in [-0.25, -0.2) is 14.4 Å². The van der Waals surface area contributed by atoms with Crippen molar-refractivity contribution in [1.29, 1.82) is 0 Å². The first-order valence-electron chi connectivity index (χ1n) is 10.7. The molecule has 0 aliphatic rings. The Morgan fingerprint density at radius 1 is 1.18 bits per heavy atom. The molecule has 0 atom stereocenters. The molecule has 0 aliphatic heterocycles. The average molecular weight is 456 g/mol. The number of methoxy groups -OCH3 is 1. The largest absolute Gasteiger partial charge is 0.494 e. The molecule has 3 aromatic rings. The Balaban J connectivity index is 1.59. The van der Waals surface area contributed by atoms with Gasteiger partial charge in [-0.2, -0.15) is 5.10 Å². The van der Waals surface area contributed by atoms with Crippen LogP contribution in [0.4, 0.5) is 16.0 Å². The average Bonchev–Trinajstić information content (AvgIpc) is 3.25. The van der Waals surface area contributed by atoms with Crippen LogP contribution in [-0.4, -0.2) is 65.4 Å². The minimum atomic E-state index is -0.466. The quantitative estimate of drug-likeness (QED) is 0.459. The summed E-state index contributed by atoms with van der Waals surface area (Å²) in [5.74, 6) is -0.258. The van der Waals surface area contributed by atoms with Crippen LogP contribution in [0.1, 0.15) is 27.9 Å². The minimum Gasteiger partial charge on any atom is -0.494 e. The van der Waals surface area contributed by atoms with Crippen LogP contribution >= 0.6 is 0 Å². The summed E-state index contributed by atoms with van der Waals surface area (Å²) in [5, 5.41) is 10.0. The number of benzene rings is 1. The molecule has 10 heteroatoms. The Morgan fingerprint density at radius 2 is 1.94 bits per heavy atom. The molecule has 1 aromatic carbocycles. The van der Waals surface area contributed by atoms with Crippen molar-refractivity contribution in [2.24, 2.45) is 0 Å². The fourth-order valence-electron chi connectivity index (χ4n) is 3.32. The molecule has 176 valence electrons. The number of aryl methyl sites for hydroxylation is 3. The molecule has 2 heterocycles. The van der Waals surface area contributed by atoms with Crippen molar-refractivity contribution < 1.29 is 13.9 Å². The molecule has 9 nitrogen and oxygen atoms in total. The van der Waals surface area contributed by atoms with E-state index in [-0.39, 0.29) is 11.7 Å². The van der Waals surface area contributed by atoms with E-state index >= 15 is 0 Å². The summed E-state index contributed by atoms with van der Waals surface area (Å²) in [5.41, 5.74) is 2.41. The molecular weight excluding hydrogens is 425 g/mol. The fourth-order valence-corrected chi connectivity index (χ4v) is 3.32. The maximum Gasteiger partial charge on any atom is 0.251 e.